The topological polar surface area (TPSA) is 116 Å². The molecule has 0 radical (unpaired) electrons. The standard InChI is InChI=1S/C15H17N7O2/c1-8-11(9(2)24-21-8)10-7-17-13-12(18-10)14(20-15(16)19-13)22-3-5-23-6-4-22/h7H,3-6H2,1-2H3,(H2,16,17,19,20). The van der Waals surface area contributed by atoms with Gasteiger partial charge in [-0.2, -0.15) is 9.97 Å². The fourth-order valence-electron chi connectivity index (χ4n) is 2.87. The van der Waals surface area contributed by atoms with Crippen molar-refractivity contribution in [2.45, 2.75) is 13.8 Å². The average molecular weight is 327 g/mol. The third-order valence-corrected chi connectivity index (χ3v) is 4.01. The van der Waals surface area contributed by atoms with Crippen LogP contribution < -0.4 is 10.6 Å². The molecule has 124 valence electrons. The first-order valence-corrected chi connectivity index (χ1v) is 7.69. The van der Waals surface area contributed by atoms with Crippen molar-refractivity contribution < 1.29 is 9.26 Å². The number of ether oxygens (including phenoxy) is 1. The molecular weight excluding hydrogens is 310 g/mol. The Morgan fingerprint density at radius 3 is 2.62 bits per heavy atom. The molecule has 0 aromatic carbocycles. The summed E-state index contributed by atoms with van der Waals surface area (Å²) in [6.07, 6.45) is 1.66. The molecule has 1 saturated heterocycles. The summed E-state index contributed by atoms with van der Waals surface area (Å²) in [5.41, 5.74) is 9.22. The first-order valence-electron chi connectivity index (χ1n) is 7.69. The first kappa shape index (κ1) is 14.8. The molecule has 0 aliphatic carbocycles. The van der Waals surface area contributed by atoms with E-state index in [4.69, 9.17) is 20.0 Å². The highest BCUT2D eigenvalue weighted by Crippen LogP contribution is 2.28. The number of hydrogen-bond acceptors (Lipinski definition) is 9. The van der Waals surface area contributed by atoms with Crippen LogP contribution >= 0.6 is 0 Å². The predicted molar refractivity (Wildman–Crippen MR) is 87.5 cm³/mol. The Bertz CT molecular complexity index is 883. The Kier molecular flexibility index (Phi) is 3.49. The zero-order valence-electron chi connectivity index (χ0n) is 13.5. The third kappa shape index (κ3) is 2.42. The van der Waals surface area contributed by atoms with E-state index in [1.165, 1.54) is 0 Å². The van der Waals surface area contributed by atoms with Crippen LogP contribution in [0.1, 0.15) is 11.5 Å². The van der Waals surface area contributed by atoms with Crippen molar-refractivity contribution in [2.24, 2.45) is 0 Å². The monoisotopic (exact) mass is 327 g/mol. The highest BCUT2D eigenvalue weighted by molar-refractivity contribution is 5.86. The number of morpholine rings is 1. The lowest BCUT2D eigenvalue weighted by Crippen LogP contribution is -2.37. The van der Waals surface area contributed by atoms with Crippen molar-refractivity contribution in [1.82, 2.24) is 25.1 Å². The third-order valence-electron chi connectivity index (χ3n) is 4.01. The van der Waals surface area contributed by atoms with Gasteiger partial charge in [-0.3, -0.25) is 0 Å². The first-order chi connectivity index (χ1) is 11.6. The second-order valence-corrected chi connectivity index (χ2v) is 5.63. The lowest BCUT2D eigenvalue weighted by molar-refractivity contribution is 0.122. The van der Waals surface area contributed by atoms with Gasteiger partial charge in [-0.15, -0.1) is 0 Å². The second-order valence-electron chi connectivity index (χ2n) is 5.63. The fourth-order valence-corrected chi connectivity index (χ4v) is 2.87. The molecule has 4 rings (SSSR count). The van der Waals surface area contributed by atoms with E-state index in [0.717, 1.165) is 24.3 Å². The number of rotatable bonds is 2. The van der Waals surface area contributed by atoms with Crippen molar-refractivity contribution in [3.63, 3.8) is 0 Å². The number of anilines is 2. The summed E-state index contributed by atoms with van der Waals surface area (Å²) in [6, 6.07) is 0. The SMILES string of the molecule is Cc1noc(C)c1-c1cnc2nc(N)nc(N3CCOCC3)c2n1. The highest BCUT2D eigenvalue weighted by atomic mass is 16.5. The zero-order chi connectivity index (χ0) is 16.7. The van der Waals surface area contributed by atoms with E-state index < -0.39 is 0 Å². The molecule has 0 amide bonds. The molecule has 0 unspecified atom stereocenters. The van der Waals surface area contributed by atoms with Crippen LogP contribution in [0.5, 0.6) is 0 Å². The maximum absolute atomic E-state index is 5.84. The number of hydrogen-bond donors (Lipinski definition) is 1. The minimum absolute atomic E-state index is 0.184. The largest absolute Gasteiger partial charge is 0.378 e. The number of nitrogens with two attached hydrogens (primary N) is 1. The van der Waals surface area contributed by atoms with Gasteiger partial charge >= 0.3 is 0 Å². The van der Waals surface area contributed by atoms with Crippen LogP contribution in [0.4, 0.5) is 11.8 Å². The Morgan fingerprint density at radius 2 is 1.92 bits per heavy atom. The Morgan fingerprint density at radius 1 is 1.12 bits per heavy atom. The van der Waals surface area contributed by atoms with Gasteiger partial charge in [0.1, 0.15) is 5.76 Å². The molecule has 0 saturated carbocycles. The maximum atomic E-state index is 5.84. The summed E-state index contributed by atoms with van der Waals surface area (Å²) in [7, 11) is 0. The van der Waals surface area contributed by atoms with E-state index in [9.17, 15) is 0 Å². The van der Waals surface area contributed by atoms with Gasteiger partial charge < -0.3 is 19.9 Å². The summed E-state index contributed by atoms with van der Waals surface area (Å²) in [5, 5.41) is 3.98. The van der Waals surface area contributed by atoms with Crippen molar-refractivity contribution in [2.75, 3.05) is 36.9 Å². The van der Waals surface area contributed by atoms with E-state index in [0.29, 0.717) is 41.6 Å². The number of aryl methyl sites for hydroxylation is 2. The van der Waals surface area contributed by atoms with E-state index in [2.05, 4.69) is 25.0 Å². The summed E-state index contributed by atoms with van der Waals surface area (Å²) in [4.78, 5) is 19.8. The molecule has 3 aromatic rings. The number of aromatic nitrogens is 5. The molecule has 24 heavy (non-hydrogen) atoms. The van der Waals surface area contributed by atoms with Gasteiger partial charge in [0.25, 0.3) is 0 Å². The predicted octanol–water partition coefficient (Wildman–Crippen LogP) is 1.11. The molecular formula is C15H17N7O2. The maximum Gasteiger partial charge on any atom is 0.224 e. The zero-order valence-corrected chi connectivity index (χ0v) is 13.5. The van der Waals surface area contributed by atoms with Gasteiger partial charge in [-0.05, 0) is 13.8 Å². The van der Waals surface area contributed by atoms with Gasteiger partial charge in [-0.25, -0.2) is 9.97 Å². The quantitative estimate of drug-likeness (QED) is 0.738. The van der Waals surface area contributed by atoms with Crippen molar-refractivity contribution >= 4 is 22.9 Å². The lowest BCUT2D eigenvalue weighted by atomic mass is 10.1. The van der Waals surface area contributed by atoms with E-state index in [-0.39, 0.29) is 5.95 Å². The minimum Gasteiger partial charge on any atom is -0.378 e. The normalized spacial score (nSPS) is 15.2. The average Bonchev–Trinajstić information content (AvgIpc) is 2.93. The fraction of sp³-hybridized carbons (Fsp3) is 0.400. The molecule has 1 aliphatic rings. The molecule has 1 fully saturated rings. The van der Waals surface area contributed by atoms with Crippen molar-refractivity contribution in [3.05, 3.63) is 17.7 Å². The molecule has 9 nitrogen and oxygen atoms in total. The molecule has 2 N–H and O–H groups in total. The number of nitrogens with zero attached hydrogens (tertiary/aromatic N) is 6. The molecule has 3 aromatic heterocycles. The molecule has 4 heterocycles. The minimum atomic E-state index is 0.184. The van der Waals surface area contributed by atoms with Crippen LogP contribution in [0.2, 0.25) is 0 Å². The highest BCUT2D eigenvalue weighted by Gasteiger charge is 2.20. The van der Waals surface area contributed by atoms with Crippen molar-refractivity contribution in [3.8, 4) is 11.3 Å². The van der Waals surface area contributed by atoms with Crippen LogP contribution in [0, 0.1) is 13.8 Å². The summed E-state index contributed by atoms with van der Waals surface area (Å²) in [6.45, 7) is 6.46. The summed E-state index contributed by atoms with van der Waals surface area (Å²) in [5.74, 6) is 1.57. The van der Waals surface area contributed by atoms with E-state index in [1.54, 1.807) is 6.20 Å². The summed E-state index contributed by atoms with van der Waals surface area (Å²) < 4.78 is 10.6. The molecule has 9 heteroatoms. The van der Waals surface area contributed by atoms with E-state index in [1.807, 2.05) is 13.8 Å². The van der Waals surface area contributed by atoms with Gasteiger partial charge in [0.05, 0.1) is 36.4 Å². The molecule has 0 atom stereocenters. The van der Waals surface area contributed by atoms with Gasteiger partial charge in [0.15, 0.2) is 17.0 Å². The van der Waals surface area contributed by atoms with Crippen LogP contribution in [-0.4, -0.2) is 51.4 Å². The molecule has 0 bridgehead atoms. The van der Waals surface area contributed by atoms with Gasteiger partial charge in [0, 0.05) is 13.1 Å². The van der Waals surface area contributed by atoms with Crippen LogP contribution in [-0.2, 0) is 4.74 Å². The van der Waals surface area contributed by atoms with Crippen LogP contribution in [0.25, 0.3) is 22.4 Å². The smallest absolute Gasteiger partial charge is 0.224 e. The Hall–Kier alpha value is -2.81. The Labute approximate surface area is 137 Å². The summed E-state index contributed by atoms with van der Waals surface area (Å²) >= 11 is 0. The van der Waals surface area contributed by atoms with Crippen LogP contribution in [0.15, 0.2) is 10.7 Å². The lowest BCUT2D eigenvalue weighted by Gasteiger charge is -2.28. The second kappa shape index (κ2) is 5.68. The van der Waals surface area contributed by atoms with Crippen LogP contribution in [0.3, 0.4) is 0 Å². The molecule has 0 spiro atoms. The van der Waals surface area contributed by atoms with Gasteiger partial charge in [0.2, 0.25) is 5.95 Å². The van der Waals surface area contributed by atoms with Gasteiger partial charge in [-0.1, -0.05) is 5.16 Å². The number of nitrogen functional groups attached to an aromatic ring is 1. The molecule has 1 aliphatic heterocycles. The Balaban J connectivity index is 1.90. The van der Waals surface area contributed by atoms with E-state index >= 15 is 0 Å². The number of fused-ring (bicyclic) bond motifs is 1. The van der Waals surface area contributed by atoms with Crippen molar-refractivity contribution in [1.29, 1.82) is 0 Å².